The molecule has 0 spiro atoms. The van der Waals surface area contributed by atoms with Crippen LogP contribution in [0, 0.1) is 11.8 Å². The molecule has 1 saturated heterocycles. The number of aromatic nitrogens is 1. The maximum Gasteiger partial charge on any atom is 0.416 e. The summed E-state index contributed by atoms with van der Waals surface area (Å²) in [6.07, 6.45) is -4.53. The van der Waals surface area contributed by atoms with Gasteiger partial charge in [0.2, 0.25) is 0 Å². The summed E-state index contributed by atoms with van der Waals surface area (Å²) in [5.41, 5.74) is -0.670. The van der Waals surface area contributed by atoms with Crippen molar-refractivity contribution in [1.29, 1.82) is 0 Å². The fourth-order valence-electron chi connectivity index (χ4n) is 4.77. The number of nitrogens with zero attached hydrogens (tertiary/aromatic N) is 2. The maximum absolute atomic E-state index is 13.0. The molecule has 2 heterocycles. The molecule has 1 unspecified atom stereocenters. The van der Waals surface area contributed by atoms with Crippen molar-refractivity contribution in [2.24, 2.45) is 11.8 Å². The van der Waals surface area contributed by atoms with E-state index in [1.54, 1.807) is 0 Å². The summed E-state index contributed by atoms with van der Waals surface area (Å²) in [4.78, 5) is 24.8. The molecule has 2 fully saturated rings. The third-order valence-corrected chi connectivity index (χ3v) is 6.17. The molecule has 11 heteroatoms. The van der Waals surface area contributed by atoms with Crippen LogP contribution in [0.25, 0.3) is 0 Å². The summed E-state index contributed by atoms with van der Waals surface area (Å²) in [5, 5.41) is 15.8. The molecule has 0 bridgehead atoms. The first-order valence-corrected chi connectivity index (χ1v) is 10.2. The molecular weight excluding hydrogens is 431 g/mol. The standard InChI is InChI=1S/C21H22F3N3O5/c1-25-19(28)17-8-15(32-26-17)9-18-16-7-14(5-11(16)10-27(18)20(29)30)31-13-4-2-3-12(6-13)21(22,23)24/h2-4,6,8,11,14,16,18H,5,7,9-10H2,1H3,(H,25,28)(H,29,30)/t11-,14-,16-,18?/m0/s1. The largest absolute Gasteiger partial charge is 0.490 e. The maximum atomic E-state index is 13.0. The molecule has 2 N–H and O–H groups in total. The molecule has 4 rings (SSSR count). The third kappa shape index (κ3) is 4.37. The van der Waals surface area contributed by atoms with Crippen LogP contribution in [0.2, 0.25) is 0 Å². The predicted molar refractivity (Wildman–Crippen MR) is 104 cm³/mol. The van der Waals surface area contributed by atoms with Crippen molar-refractivity contribution in [3.05, 3.63) is 47.3 Å². The number of amides is 2. The van der Waals surface area contributed by atoms with Crippen LogP contribution in [0.1, 0.15) is 34.7 Å². The first-order valence-electron chi connectivity index (χ1n) is 10.2. The topological polar surface area (TPSA) is 105 Å². The van der Waals surface area contributed by atoms with E-state index >= 15 is 0 Å². The highest BCUT2D eigenvalue weighted by atomic mass is 19.4. The minimum Gasteiger partial charge on any atom is -0.490 e. The Kier molecular flexibility index (Phi) is 5.74. The molecule has 172 valence electrons. The van der Waals surface area contributed by atoms with Crippen LogP contribution < -0.4 is 10.1 Å². The number of carbonyl (C=O) groups is 2. The molecule has 1 aliphatic heterocycles. The van der Waals surface area contributed by atoms with Gasteiger partial charge in [0, 0.05) is 32.1 Å². The van der Waals surface area contributed by atoms with E-state index in [9.17, 15) is 27.9 Å². The fraction of sp³-hybridized carbons (Fsp3) is 0.476. The van der Waals surface area contributed by atoms with Crippen molar-refractivity contribution in [3.63, 3.8) is 0 Å². The summed E-state index contributed by atoms with van der Waals surface area (Å²) in [6.45, 7) is 0.309. The zero-order valence-corrected chi connectivity index (χ0v) is 17.1. The second-order valence-electron chi connectivity index (χ2n) is 8.12. The summed E-state index contributed by atoms with van der Waals surface area (Å²) in [5.74, 6) is 0.100. The highest BCUT2D eigenvalue weighted by Gasteiger charge is 2.50. The van der Waals surface area contributed by atoms with Gasteiger partial charge in [-0.25, -0.2) is 4.79 Å². The lowest BCUT2D eigenvalue weighted by molar-refractivity contribution is -0.137. The molecule has 8 nitrogen and oxygen atoms in total. The summed E-state index contributed by atoms with van der Waals surface area (Å²) in [7, 11) is 1.47. The molecule has 4 atom stereocenters. The number of ether oxygens (including phenoxy) is 1. The number of hydrogen-bond acceptors (Lipinski definition) is 5. The van der Waals surface area contributed by atoms with Crippen LogP contribution in [0.3, 0.4) is 0 Å². The fourth-order valence-corrected chi connectivity index (χ4v) is 4.77. The Morgan fingerprint density at radius 3 is 2.78 bits per heavy atom. The van der Waals surface area contributed by atoms with Gasteiger partial charge in [0.15, 0.2) is 5.69 Å². The van der Waals surface area contributed by atoms with Gasteiger partial charge in [0.25, 0.3) is 5.91 Å². The zero-order chi connectivity index (χ0) is 23.0. The first-order chi connectivity index (χ1) is 15.2. The van der Waals surface area contributed by atoms with Crippen LogP contribution >= 0.6 is 0 Å². The first kappa shape index (κ1) is 22.0. The average Bonchev–Trinajstić information content (AvgIpc) is 3.43. The number of alkyl halides is 3. The van der Waals surface area contributed by atoms with Crippen molar-refractivity contribution in [2.45, 2.75) is 37.6 Å². The van der Waals surface area contributed by atoms with Crippen molar-refractivity contribution in [1.82, 2.24) is 15.4 Å². The molecule has 2 aliphatic rings. The quantitative estimate of drug-likeness (QED) is 0.719. The van der Waals surface area contributed by atoms with Gasteiger partial charge >= 0.3 is 12.3 Å². The Bertz CT molecular complexity index is 1010. The normalized spacial score (nSPS) is 24.9. The number of halogens is 3. The van der Waals surface area contributed by atoms with E-state index in [0.29, 0.717) is 25.1 Å². The number of fused-ring (bicyclic) bond motifs is 1. The SMILES string of the molecule is CNC(=O)c1cc(CC2[C@H]3C[C@@H](Oc4cccc(C(F)(F)F)c4)C[C@H]3CN2C(=O)O)on1. The minimum absolute atomic E-state index is 0.0215. The van der Waals surface area contributed by atoms with Gasteiger partial charge in [-0.2, -0.15) is 13.2 Å². The Hall–Kier alpha value is -3.24. The predicted octanol–water partition coefficient (Wildman–Crippen LogP) is 3.43. The smallest absolute Gasteiger partial charge is 0.416 e. The van der Waals surface area contributed by atoms with Gasteiger partial charge in [-0.3, -0.25) is 4.79 Å². The Balaban J connectivity index is 1.47. The molecule has 2 amide bonds. The number of likely N-dealkylation sites (tertiary alicyclic amines) is 1. The Labute approximate surface area is 181 Å². The minimum atomic E-state index is -4.46. The number of carboxylic acid groups (broad SMARTS) is 1. The van der Waals surface area contributed by atoms with Crippen molar-refractivity contribution in [2.75, 3.05) is 13.6 Å². The van der Waals surface area contributed by atoms with Gasteiger partial charge in [-0.05, 0) is 42.9 Å². The molecule has 1 aliphatic carbocycles. The van der Waals surface area contributed by atoms with E-state index in [-0.39, 0.29) is 35.8 Å². The molecule has 2 aromatic rings. The molecule has 1 aromatic carbocycles. The van der Waals surface area contributed by atoms with E-state index in [4.69, 9.17) is 9.26 Å². The lowest BCUT2D eigenvalue weighted by Gasteiger charge is -2.26. The lowest BCUT2D eigenvalue weighted by Crippen LogP contribution is -2.39. The van der Waals surface area contributed by atoms with Crippen LogP contribution in [-0.2, 0) is 12.6 Å². The van der Waals surface area contributed by atoms with Crippen molar-refractivity contribution >= 4 is 12.0 Å². The van der Waals surface area contributed by atoms with Gasteiger partial charge in [0.1, 0.15) is 11.5 Å². The molecule has 1 saturated carbocycles. The zero-order valence-electron chi connectivity index (χ0n) is 17.1. The average molecular weight is 453 g/mol. The molecule has 0 radical (unpaired) electrons. The summed E-state index contributed by atoms with van der Waals surface area (Å²) >= 11 is 0. The Morgan fingerprint density at radius 2 is 2.09 bits per heavy atom. The number of hydrogen-bond donors (Lipinski definition) is 2. The number of rotatable bonds is 5. The summed E-state index contributed by atoms with van der Waals surface area (Å²) < 4.78 is 50.0. The van der Waals surface area contributed by atoms with Crippen LogP contribution in [-0.4, -0.2) is 52.9 Å². The van der Waals surface area contributed by atoms with Gasteiger partial charge in [-0.1, -0.05) is 11.2 Å². The van der Waals surface area contributed by atoms with E-state index in [1.807, 2.05) is 0 Å². The number of nitrogens with one attached hydrogen (secondary N) is 1. The number of carbonyl (C=O) groups excluding carboxylic acids is 1. The van der Waals surface area contributed by atoms with Crippen molar-refractivity contribution in [3.8, 4) is 5.75 Å². The van der Waals surface area contributed by atoms with Crippen molar-refractivity contribution < 1.29 is 37.1 Å². The van der Waals surface area contributed by atoms with Crippen LogP contribution in [0.15, 0.2) is 34.9 Å². The summed E-state index contributed by atoms with van der Waals surface area (Å²) in [6, 6.07) is 5.83. The molecular formula is C21H22F3N3O5. The van der Waals surface area contributed by atoms with E-state index in [0.717, 1.165) is 12.1 Å². The van der Waals surface area contributed by atoms with E-state index in [2.05, 4.69) is 10.5 Å². The van der Waals surface area contributed by atoms with Gasteiger partial charge < -0.3 is 24.6 Å². The molecule has 32 heavy (non-hydrogen) atoms. The Morgan fingerprint density at radius 1 is 1.31 bits per heavy atom. The molecule has 1 aromatic heterocycles. The third-order valence-electron chi connectivity index (χ3n) is 6.17. The number of benzene rings is 1. The lowest BCUT2D eigenvalue weighted by atomic mass is 9.91. The van der Waals surface area contributed by atoms with E-state index in [1.165, 1.54) is 30.1 Å². The van der Waals surface area contributed by atoms with Crippen LogP contribution in [0.5, 0.6) is 5.75 Å². The van der Waals surface area contributed by atoms with Gasteiger partial charge in [0.05, 0.1) is 11.7 Å². The second kappa shape index (κ2) is 8.36. The monoisotopic (exact) mass is 453 g/mol. The highest BCUT2D eigenvalue weighted by Crippen LogP contribution is 2.45. The van der Waals surface area contributed by atoms with Crippen LogP contribution in [0.4, 0.5) is 18.0 Å². The van der Waals surface area contributed by atoms with Gasteiger partial charge in [-0.15, -0.1) is 0 Å². The van der Waals surface area contributed by atoms with E-state index < -0.39 is 29.8 Å². The second-order valence-corrected chi connectivity index (χ2v) is 8.12. The highest BCUT2D eigenvalue weighted by molar-refractivity contribution is 5.91.